The molecule has 42 heavy (non-hydrogen) atoms. The van der Waals surface area contributed by atoms with Gasteiger partial charge in [-0.3, -0.25) is 25.0 Å². The van der Waals surface area contributed by atoms with E-state index in [1.165, 1.54) is 12.1 Å². The third-order valence-electron chi connectivity index (χ3n) is 7.37. The summed E-state index contributed by atoms with van der Waals surface area (Å²) in [5, 5.41) is 17.1. The summed E-state index contributed by atoms with van der Waals surface area (Å²) in [4.78, 5) is 42.9. The van der Waals surface area contributed by atoms with Gasteiger partial charge >= 0.3 is 0 Å². The number of ether oxygens (including phenoxy) is 1. The maximum absolute atomic E-state index is 13.2. The molecule has 12 heteroatoms. The van der Waals surface area contributed by atoms with Crippen LogP contribution >= 0.6 is 12.2 Å². The number of morpholine rings is 1. The summed E-state index contributed by atoms with van der Waals surface area (Å²) in [6.45, 7) is 6.86. The molecule has 2 aliphatic rings. The Hall–Kier alpha value is -4.55. The summed E-state index contributed by atoms with van der Waals surface area (Å²) in [6, 6.07) is 19.5. The summed E-state index contributed by atoms with van der Waals surface area (Å²) in [7, 11) is 0. The van der Waals surface area contributed by atoms with E-state index in [9.17, 15) is 19.7 Å². The van der Waals surface area contributed by atoms with Crippen LogP contribution in [0.25, 0.3) is 0 Å². The van der Waals surface area contributed by atoms with E-state index in [4.69, 9.17) is 17.0 Å². The molecule has 11 nitrogen and oxygen atoms in total. The van der Waals surface area contributed by atoms with Crippen LogP contribution in [0.3, 0.4) is 0 Å². The first-order valence-electron chi connectivity index (χ1n) is 13.7. The minimum absolute atomic E-state index is 0.0481. The fourth-order valence-electron chi connectivity index (χ4n) is 5.03. The third kappa shape index (κ3) is 6.84. The Morgan fingerprint density at radius 2 is 1.55 bits per heavy atom. The maximum atomic E-state index is 13.2. The number of carbonyl (C=O) groups excluding carboxylic acids is 2. The highest BCUT2D eigenvalue weighted by atomic mass is 32.1. The molecule has 0 unspecified atom stereocenters. The number of nitrogens with zero attached hydrogens (tertiary/aromatic N) is 4. The van der Waals surface area contributed by atoms with Gasteiger partial charge in [-0.05, 0) is 61.6 Å². The fraction of sp³-hybridized carbons (Fsp3) is 0.300. The minimum Gasteiger partial charge on any atom is -0.378 e. The minimum atomic E-state index is -0.535. The van der Waals surface area contributed by atoms with Gasteiger partial charge in [0.25, 0.3) is 17.5 Å². The Bertz CT molecular complexity index is 1470. The zero-order chi connectivity index (χ0) is 29.6. The van der Waals surface area contributed by atoms with Crippen LogP contribution in [0.5, 0.6) is 0 Å². The van der Waals surface area contributed by atoms with Gasteiger partial charge in [-0.2, -0.15) is 0 Å². The molecule has 0 bridgehead atoms. The molecule has 2 heterocycles. The lowest BCUT2D eigenvalue weighted by atomic mass is 10.1. The Kier molecular flexibility index (Phi) is 8.94. The topological polar surface area (TPSA) is 120 Å². The zero-order valence-electron chi connectivity index (χ0n) is 23.2. The molecule has 0 saturated carbocycles. The molecule has 0 aromatic heterocycles. The molecule has 0 radical (unpaired) electrons. The van der Waals surface area contributed by atoms with Crippen molar-refractivity contribution in [2.24, 2.45) is 0 Å². The normalized spacial score (nSPS) is 15.2. The molecule has 2 aliphatic heterocycles. The lowest BCUT2D eigenvalue weighted by molar-refractivity contribution is -0.384. The summed E-state index contributed by atoms with van der Waals surface area (Å²) in [6.07, 6.45) is 0. The number of benzene rings is 3. The van der Waals surface area contributed by atoms with Crippen LogP contribution in [-0.4, -0.2) is 79.2 Å². The predicted octanol–water partition coefficient (Wildman–Crippen LogP) is 3.83. The second kappa shape index (κ2) is 13.0. The van der Waals surface area contributed by atoms with E-state index in [1.807, 2.05) is 65.3 Å². The lowest BCUT2D eigenvalue weighted by Crippen LogP contribution is -2.48. The molecule has 3 aromatic rings. The number of hydrogen-bond acceptors (Lipinski definition) is 8. The number of anilines is 3. The van der Waals surface area contributed by atoms with Crippen molar-refractivity contribution < 1.29 is 19.2 Å². The average Bonchev–Trinajstić information content (AvgIpc) is 3.01. The van der Waals surface area contributed by atoms with E-state index in [1.54, 1.807) is 6.07 Å². The van der Waals surface area contributed by atoms with Crippen LogP contribution < -0.4 is 20.4 Å². The third-order valence-corrected chi connectivity index (χ3v) is 7.57. The van der Waals surface area contributed by atoms with Crippen LogP contribution in [-0.2, 0) is 4.74 Å². The SMILES string of the molecule is Cc1ccc(C(=O)N2CCN(c3ccc(NC(=S)NC(=O)c4cc([N+](=O)[O-])ccc4N4CCOCC4)cc3)CC2)cc1. The second-order valence-electron chi connectivity index (χ2n) is 10.2. The maximum Gasteiger partial charge on any atom is 0.270 e. The molecule has 5 rings (SSSR count). The van der Waals surface area contributed by atoms with E-state index < -0.39 is 10.8 Å². The molecule has 2 N–H and O–H groups in total. The quantitative estimate of drug-likeness (QED) is 0.252. The van der Waals surface area contributed by atoms with Gasteiger partial charge < -0.3 is 24.8 Å². The van der Waals surface area contributed by atoms with Gasteiger partial charge in [0.2, 0.25) is 0 Å². The largest absolute Gasteiger partial charge is 0.378 e. The van der Waals surface area contributed by atoms with Crippen molar-refractivity contribution in [1.82, 2.24) is 10.2 Å². The first-order chi connectivity index (χ1) is 20.3. The van der Waals surface area contributed by atoms with Crippen LogP contribution in [0.15, 0.2) is 66.7 Å². The van der Waals surface area contributed by atoms with E-state index in [0.29, 0.717) is 69.4 Å². The molecule has 0 aliphatic carbocycles. The summed E-state index contributed by atoms with van der Waals surface area (Å²) >= 11 is 5.38. The number of thiocarbonyl (C=S) groups is 1. The van der Waals surface area contributed by atoms with Gasteiger partial charge in [0.1, 0.15) is 0 Å². The van der Waals surface area contributed by atoms with Crippen molar-refractivity contribution in [2.75, 3.05) is 67.6 Å². The Morgan fingerprint density at radius 3 is 2.19 bits per heavy atom. The summed E-state index contributed by atoms with van der Waals surface area (Å²) in [5.41, 5.74) is 4.12. The van der Waals surface area contributed by atoms with Crippen LogP contribution in [0, 0.1) is 17.0 Å². The Morgan fingerprint density at radius 1 is 0.881 bits per heavy atom. The van der Waals surface area contributed by atoms with Gasteiger partial charge in [-0.15, -0.1) is 0 Å². The van der Waals surface area contributed by atoms with Crippen LogP contribution in [0.2, 0.25) is 0 Å². The Balaban J connectivity index is 1.17. The van der Waals surface area contributed by atoms with E-state index in [2.05, 4.69) is 15.5 Å². The van der Waals surface area contributed by atoms with Gasteiger partial charge in [-0.1, -0.05) is 17.7 Å². The van der Waals surface area contributed by atoms with Crippen molar-refractivity contribution in [3.05, 3.63) is 93.5 Å². The highest BCUT2D eigenvalue weighted by Crippen LogP contribution is 2.27. The first kappa shape index (κ1) is 29.0. The standard InChI is InChI=1S/C30H32N6O5S/c1-21-2-4-22(5-3-21)29(38)35-14-12-33(13-15-35)24-8-6-23(7-9-24)31-30(42)32-28(37)26-20-25(36(39)40)10-11-27(26)34-16-18-41-19-17-34/h2-11,20H,12-19H2,1H3,(H2,31,32,37,42). The van der Waals surface area contributed by atoms with Crippen LogP contribution in [0.4, 0.5) is 22.7 Å². The van der Waals surface area contributed by atoms with Gasteiger partial charge in [-0.25, -0.2) is 0 Å². The van der Waals surface area contributed by atoms with Crippen LogP contribution in [0.1, 0.15) is 26.3 Å². The smallest absolute Gasteiger partial charge is 0.270 e. The molecule has 3 aromatic carbocycles. The second-order valence-corrected chi connectivity index (χ2v) is 10.6. The molecule has 0 atom stereocenters. The zero-order valence-corrected chi connectivity index (χ0v) is 24.1. The van der Waals surface area contributed by atoms with Crippen molar-refractivity contribution >= 4 is 51.9 Å². The number of amides is 2. The molecule has 2 fully saturated rings. The predicted molar refractivity (Wildman–Crippen MR) is 166 cm³/mol. The Labute approximate surface area is 249 Å². The number of nitro groups is 1. The average molecular weight is 589 g/mol. The monoisotopic (exact) mass is 588 g/mol. The molecular formula is C30H32N6O5S. The van der Waals surface area contributed by atoms with Crippen molar-refractivity contribution in [2.45, 2.75) is 6.92 Å². The number of nitrogens with one attached hydrogen (secondary N) is 2. The number of hydrogen-bond donors (Lipinski definition) is 2. The molecule has 2 saturated heterocycles. The molecule has 2 amide bonds. The van der Waals surface area contributed by atoms with Gasteiger partial charge in [0, 0.05) is 68.3 Å². The van der Waals surface area contributed by atoms with Crippen molar-refractivity contribution in [3.8, 4) is 0 Å². The van der Waals surface area contributed by atoms with Crippen molar-refractivity contribution in [1.29, 1.82) is 0 Å². The number of aryl methyl sites for hydroxylation is 1. The summed E-state index contributed by atoms with van der Waals surface area (Å²) in [5.74, 6) is -0.487. The molecular weight excluding hydrogens is 556 g/mol. The summed E-state index contributed by atoms with van der Waals surface area (Å²) < 4.78 is 5.40. The molecule has 0 spiro atoms. The lowest BCUT2D eigenvalue weighted by Gasteiger charge is -2.36. The van der Waals surface area contributed by atoms with E-state index in [0.717, 1.165) is 11.3 Å². The van der Waals surface area contributed by atoms with E-state index in [-0.39, 0.29) is 22.3 Å². The highest BCUT2D eigenvalue weighted by Gasteiger charge is 2.24. The number of rotatable bonds is 6. The first-order valence-corrected chi connectivity index (χ1v) is 14.1. The highest BCUT2D eigenvalue weighted by molar-refractivity contribution is 7.80. The number of piperazine rings is 1. The number of carbonyl (C=O) groups is 2. The fourth-order valence-corrected chi connectivity index (χ4v) is 5.24. The van der Waals surface area contributed by atoms with Crippen molar-refractivity contribution in [3.63, 3.8) is 0 Å². The van der Waals surface area contributed by atoms with Gasteiger partial charge in [0.15, 0.2) is 5.11 Å². The van der Waals surface area contributed by atoms with Gasteiger partial charge in [0.05, 0.1) is 29.4 Å². The molecule has 218 valence electrons. The number of non-ortho nitro benzene ring substituents is 1. The number of nitro benzene ring substituents is 1. The van der Waals surface area contributed by atoms with E-state index >= 15 is 0 Å².